The summed E-state index contributed by atoms with van der Waals surface area (Å²) >= 11 is 3.46. The van der Waals surface area contributed by atoms with E-state index < -0.39 is 0 Å². The Morgan fingerprint density at radius 2 is 1.83 bits per heavy atom. The van der Waals surface area contributed by atoms with Crippen molar-refractivity contribution >= 4 is 28.6 Å². The molecule has 1 saturated heterocycles. The number of hydrogen-bond acceptors (Lipinski definition) is 3. The molecule has 1 aliphatic heterocycles. The van der Waals surface area contributed by atoms with E-state index in [4.69, 9.17) is 9.31 Å². The molecule has 0 spiro atoms. The largest absolute Gasteiger partial charge is 0.516 e. The molecule has 0 aliphatic carbocycles. The zero-order chi connectivity index (χ0) is 13.6. The fraction of sp³-hybridized carbons (Fsp3) is 0.750. The molecule has 0 bridgehead atoms. The summed E-state index contributed by atoms with van der Waals surface area (Å²) in [5, 5.41) is 0. The average Bonchev–Trinajstić information content (AvgIpc) is 2.68. The molecule has 1 aliphatic rings. The van der Waals surface area contributed by atoms with Crippen molar-refractivity contribution in [2.24, 2.45) is 0 Å². The van der Waals surface area contributed by atoms with Crippen LogP contribution in [0, 0.1) is 0 Å². The number of rotatable bonds is 3. The zero-order valence-corrected chi connectivity index (χ0v) is 13.2. The van der Waals surface area contributed by atoms with Crippen LogP contribution in [0.3, 0.4) is 0 Å². The highest BCUT2D eigenvalue weighted by atomic mass is 79.9. The first kappa shape index (κ1) is 14.1. The third-order valence-corrected chi connectivity index (χ3v) is 4.34. The molecule has 18 heavy (non-hydrogen) atoms. The lowest BCUT2D eigenvalue weighted by molar-refractivity contribution is 0.00578. The van der Waals surface area contributed by atoms with Crippen molar-refractivity contribution in [3.63, 3.8) is 0 Å². The molecule has 0 aromatic carbocycles. The summed E-state index contributed by atoms with van der Waals surface area (Å²) in [6.45, 7) is 11.3. The minimum Gasteiger partial charge on any atom is -0.398 e. The number of hydrogen-bond donors (Lipinski definition) is 0. The van der Waals surface area contributed by atoms with Gasteiger partial charge in [-0.15, -0.1) is 0 Å². The predicted octanol–water partition coefficient (Wildman–Crippen LogP) is 2.35. The van der Waals surface area contributed by atoms with Crippen LogP contribution in [-0.2, 0) is 15.9 Å². The first-order valence-electron chi connectivity index (χ1n) is 6.35. The Morgan fingerprint density at radius 1 is 1.28 bits per heavy atom. The van der Waals surface area contributed by atoms with E-state index in [9.17, 15) is 0 Å². The molecule has 0 amide bonds. The number of aryl methyl sites for hydroxylation is 1. The SMILES string of the molecule is CCCn1cc(B2OC(C)(C)C(C)(C)O2)nc1Br. The molecule has 0 atom stereocenters. The molecule has 0 saturated carbocycles. The van der Waals surface area contributed by atoms with Crippen molar-refractivity contribution < 1.29 is 9.31 Å². The van der Waals surface area contributed by atoms with Gasteiger partial charge in [-0.3, -0.25) is 0 Å². The van der Waals surface area contributed by atoms with Gasteiger partial charge in [0, 0.05) is 12.7 Å². The Morgan fingerprint density at radius 3 is 2.33 bits per heavy atom. The highest BCUT2D eigenvalue weighted by molar-refractivity contribution is 9.10. The van der Waals surface area contributed by atoms with Crippen LogP contribution in [-0.4, -0.2) is 27.9 Å². The molecule has 4 nitrogen and oxygen atoms in total. The summed E-state index contributed by atoms with van der Waals surface area (Å²) < 4.78 is 14.9. The van der Waals surface area contributed by atoms with Crippen molar-refractivity contribution in [1.29, 1.82) is 0 Å². The van der Waals surface area contributed by atoms with Gasteiger partial charge >= 0.3 is 7.12 Å². The summed E-state index contributed by atoms with van der Waals surface area (Å²) in [7, 11) is -0.385. The standard InChI is InChI=1S/C12H20BBrN2O2/c1-6-7-16-8-9(15-10(16)14)13-17-11(2,3)12(4,5)18-13/h8H,6-7H2,1-5H3. The van der Waals surface area contributed by atoms with Crippen molar-refractivity contribution in [3.8, 4) is 0 Å². The van der Waals surface area contributed by atoms with E-state index in [2.05, 4.69) is 32.4 Å². The van der Waals surface area contributed by atoms with Gasteiger partial charge in [-0.1, -0.05) is 6.92 Å². The van der Waals surface area contributed by atoms with Gasteiger partial charge in [0.05, 0.1) is 16.8 Å². The predicted molar refractivity (Wildman–Crippen MR) is 75.9 cm³/mol. The second kappa shape index (κ2) is 4.65. The molecule has 0 unspecified atom stereocenters. The molecule has 1 aromatic heterocycles. The van der Waals surface area contributed by atoms with Crippen LogP contribution < -0.4 is 5.59 Å². The molecule has 1 aromatic rings. The Bertz CT molecular complexity index is 429. The topological polar surface area (TPSA) is 36.3 Å². The van der Waals surface area contributed by atoms with Gasteiger partial charge in [0.25, 0.3) is 0 Å². The first-order chi connectivity index (χ1) is 8.27. The molecule has 0 radical (unpaired) electrons. The third kappa shape index (κ3) is 2.38. The van der Waals surface area contributed by atoms with Gasteiger partial charge in [-0.05, 0) is 50.0 Å². The number of halogens is 1. The molecule has 2 rings (SSSR count). The molecule has 0 N–H and O–H groups in total. The van der Waals surface area contributed by atoms with Crippen molar-refractivity contribution in [2.45, 2.75) is 58.8 Å². The van der Waals surface area contributed by atoms with Crippen LogP contribution in [0.25, 0.3) is 0 Å². The van der Waals surface area contributed by atoms with Crippen LogP contribution in [0.1, 0.15) is 41.0 Å². The van der Waals surface area contributed by atoms with E-state index in [-0.39, 0.29) is 18.3 Å². The normalized spacial score (nSPS) is 21.6. The smallest absolute Gasteiger partial charge is 0.398 e. The van der Waals surface area contributed by atoms with Crippen LogP contribution in [0.4, 0.5) is 0 Å². The van der Waals surface area contributed by atoms with Crippen molar-refractivity contribution in [1.82, 2.24) is 9.55 Å². The van der Waals surface area contributed by atoms with Crippen LogP contribution >= 0.6 is 15.9 Å². The summed E-state index contributed by atoms with van der Waals surface area (Å²) in [6.07, 6.45) is 3.06. The first-order valence-corrected chi connectivity index (χ1v) is 7.14. The average molecular weight is 315 g/mol. The molecule has 1 fully saturated rings. The van der Waals surface area contributed by atoms with Gasteiger partial charge in [-0.2, -0.15) is 0 Å². The number of imidazole rings is 1. The molecule has 2 heterocycles. The van der Waals surface area contributed by atoms with E-state index in [0.717, 1.165) is 23.3 Å². The zero-order valence-electron chi connectivity index (χ0n) is 11.7. The fourth-order valence-corrected chi connectivity index (χ4v) is 2.37. The van der Waals surface area contributed by atoms with E-state index in [0.29, 0.717) is 0 Å². The fourth-order valence-electron chi connectivity index (χ4n) is 1.89. The Kier molecular flexibility index (Phi) is 3.64. The Hall–Kier alpha value is -0.325. The Labute approximate surface area is 117 Å². The number of aromatic nitrogens is 2. The van der Waals surface area contributed by atoms with E-state index in [1.807, 2.05) is 33.9 Å². The van der Waals surface area contributed by atoms with Crippen molar-refractivity contribution in [3.05, 3.63) is 10.9 Å². The maximum absolute atomic E-state index is 5.98. The minimum absolute atomic E-state index is 0.321. The molecular formula is C12H20BBrN2O2. The minimum atomic E-state index is -0.385. The van der Waals surface area contributed by atoms with Gasteiger partial charge < -0.3 is 13.9 Å². The van der Waals surface area contributed by atoms with E-state index >= 15 is 0 Å². The lowest BCUT2D eigenvalue weighted by Crippen LogP contribution is -2.41. The van der Waals surface area contributed by atoms with Gasteiger partial charge in [-0.25, -0.2) is 4.98 Å². The maximum Gasteiger partial charge on any atom is 0.516 e. The highest BCUT2D eigenvalue weighted by Crippen LogP contribution is 2.36. The Balaban J connectivity index is 2.22. The van der Waals surface area contributed by atoms with Crippen LogP contribution in [0.15, 0.2) is 10.9 Å². The quantitative estimate of drug-likeness (QED) is 0.804. The second-order valence-corrected chi connectivity index (χ2v) is 6.43. The van der Waals surface area contributed by atoms with E-state index in [1.54, 1.807) is 0 Å². The molecule has 100 valence electrons. The maximum atomic E-state index is 5.98. The summed E-state index contributed by atoms with van der Waals surface area (Å²) in [5.41, 5.74) is 0.186. The molecular weight excluding hydrogens is 295 g/mol. The van der Waals surface area contributed by atoms with Crippen LogP contribution in [0.5, 0.6) is 0 Å². The second-order valence-electron chi connectivity index (χ2n) is 5.72. The number of nitrogens with zero attached hydrogens (tertiary/aromatic N) is 2. The lowest BCUT2D eigenvalue weighted by atomic mass is 9.86. The summed E-state index contributed by atoms with van der Waals surface area (Å²) in [4.78, 5) is 4.47. The summed E-state index contributed by atoms with van der Waals surface area (Å²) in [5.74, 6) is 0. The van der Waals surface area contributed by atoms with Gasteiger partial charge in [0.15, 0.2) is 4.73 Å². The van der Waals surface area contributed by atoms with Crippen molar-refractivity contribution in [2.75, 3.05) is 0 Å². The third-order valence-electron chi connectivity index (χ3n) is 3.71. The summed E-state index contributed by atoms with van der Waals surface area (Å²) in [6, 6.07) is 0. The van der Waals surface area contributed by atoms with Gasteiger partial charge in [0.1, 0.15) is 0 Å². The van der Waals surface area contributed by atoms with Gasteiger partial charge in [0.2, 0.25) is 0 Å². The molecule has 6 heteroatoms. The highest BCUT2D eigenvalue weighted by Gasteiger charge is 2.52. The lowest BCUT2D eigenvalue weighted by Gasteiger charge is -2.32. The van der Waals surface area contributed by atoms with E-state index in [1.165, 1.54) is 0 Å². The van der Waals surface area contributed by atoms with Crippen LogP contribution in [0.2, 0.25) is 0 Å². The monoisotopic (exact) mass is 314 g/mol.